The van der Waals surface area contributed by atoms with Crippen LogP contribution in [0.2, 0.25) is 5.02 Å². The lowest BCUT2D eigenvalue weighted by Gasteiger charge is -2.09. The standard InChI is InChI=1S/C19H14BrClN2O4S/c1-26-17(24)10-27-15-7-2-12(20)8-11(15)9-16-18(25)23-19(28-16)22-14-5-3-13(21)4-6-14/h2-9H,10H2,1H3,(H,22,23,25)/b16-9-. The quantitative estimate of drug-likeness (QED) is 0.501. The molecular formula is C19H14BrClN2O4S. The molecule has 1 saturated heterocycles. The number of methoxy groups -OCH3 is 1. The molecule has 1 heterocycles. The number of thioether (sulfide) groups is 1. The Hall–Kier alpha value is -2.29. The molecule has 3 rings (SSSR count). The number of amides is 1. The molecule has 1 amide bonds. The van der Waals surface area contributed by atoms with Crippen LogP contribution in [0.25, 0.3) is 6.08 Å². The molecule has 1 aliphatic heterocycles. The van der Waals surface area contributed by atoms with Crippen LogP contribution in [-0.2, 0) is 14.3 Å². The second kappa shape index (κ2) is 9.27. The van der Waals surface area contributed by atoms with Gasteiger partial charge < -0.3 is 14.8 Å². The Balaban J connectivity index is 1.83. The second-order valence-corrected chi connectivity index (χ2v) is 7.89. The number of carbonyl (C=O) groups excluding carboxylic acids is 2. The molecule has 28 heavy (non-hydrogen) atoms. The molecule has 1 aliphatic rings. The van der Waals surface area contributed by atoms with Crippen molar-refractivity contribution < 1.29 is 19.1 Å². The molecule has 2 aromatic carbocycles. The van der Waals surface area contributed by atoms with Gasteiger partial charge in [0.1, 0.15) is 5.75 Å². The lowest BCUT2D eigenvalue weighted by molar-refractivity contribution is -0.142. The molecule has 0 unspecified atom stereocenters. The van der Waals surface area contributed by atoms with Crippen molar-refractivity contribution in [3.63, 3.8) is 0 Å². The zero-order valence-electron chi connectivity index (χ0n) is 14.6. The zero-order valence-corrected chi connectivity index (χ0v) is 17.7. The summed E-state index contributed by atoms with van der Waals surface area (Å²) in [6.45, 7) is -0.225. The normalized spacial score (nSPS) is 16.3. The fourth-order valence-corrected chi connectivity index (χ4v) is 3.55. The number of esters is 1. The van der Waals surface area contributed by atoms with Gasteiger partial charge in [0.25, 0.3) is 5.91 Å². The van der Waals surface area contributed by atoms with E-state index < -0.39 is 5.97 Å². The van der Waals surface area contributed by atoms with Gasteiger partial charge in [0.2, 0.25) is 0 Å². The number of amidine groups is 1. The Morgan fingerprint density at radius 3 is 2.75 bits per heavy atom. The molecule has 2 aromatic rings. The molecule has 0 saturated carbocycles. The minimum atomic E-state index is -0.494. The molecule has 144 valence electrons. The zero-order chi connectivity index (χ0) is 20.1. The van der Waals surface area contributed by atoms with Crippen molar-refractivity contribution in [1.82, 2.24) is 5.32 Å². The van der Waals surface area contributed by atoms with Crippen molar-refractivity contribution in [2.45, 2.75) is 0 Å². The molecule has 0 aliphatic carbocycles. The Bertz CT molecular complexity index is 976. The van der Waals surface area contributed by atoms with Crippen LogP contribution in [0, 0.1) is 0 Å². The van der Waals surface area contributed by atoms with Gasteiger partial charge in [-0.1, -0.05) is 27.5 Å². The van der Waals surface area contributed by atoms with Crippen LogP contribution in [-0.4, -0.2) is 30.8 Å². The van der Waals surface area contributed by atoms with Crippen LogP contribution >= 0.6 is 39.3 Å². The number of carbonyl (C=O) groups is 2. The van der Waals surface area contributed by atoms with Crippen LogP contribution in [0.1, 0.15) is 5.56 Å². The number of benzene rings is 2. The predicted octanol–water partition coefficient (Wildman–Crippen LogP) is 4.55. The first kappa shape index (κ1) is 20.4. The summed E-state index contributed by atoms with van der Waals surface area (Å²) < 4.78 is 10.9. The first-order valence-corrected chi connectivity index (χ1v) is 9.97. The molecular weight excluding hydrogens is 468 g/mol. The fourth-order valence-electron chi connectivity index (χ4n) is 2.21. The fraction of sp³-hybridized carbons (Fsp3) is 0.105. The van der Waals surface area contributed by atoms with E-state index in [4.69, 9.17) is 16.3 Å². The minimum absolute atomic E-state index is 0.225. The van der Waals surface area contributed by atoms with E-state index in [9.17, 15) is 9.59 Å². The van der Waals surface area contributed by atoms with Gasteiger partial charge in [0.15, 0.2) is 11.8 Å². The Morgan fingerprint density at radius 2 is 2.04 bits per heavy atom. The predicted molar refractivity (Wildman–Crippen MR) is 114 cm³/mol. The summed E-state index contributed by atoms with van der Waals surface area (Å²) in [5.41, 5.74) is 1.32. The van der Waals surface area contributed by atoms with E-state index in [1.165, 1.54) is 18.9 Å². The number of halogens is 2. The molecule has 0 atom stereocenters. The number of ether oxygens (including phenoxy) is 2. The summed E-state index contributed by atoms with van der Waals surface area (Å²) in [7, 11) is 1.29. The summed E-state index contributed by atoms with van der Waals surface area (Å²) in [6.07, 6.45) is 1.68. The van der Waals surface area contributed by atoms with E-state index >= 15 is 0 Å². The molecule has 0 spiro atoms. The number of aliphatic imine (C=N–C) groups is 1. The number of nitrogens with zero attached hydrogens (tertiary/aromatic N) is 1. The summed E-state index contributed by atoms with van der Waals surface area (Å²) in [4.78, 5) is 28.5. The maximum Gasteiger partial charge on any atom is 0.343 e. The second-order valence-electron chi connectivity index (χ2n) is 5.51. The Kier molecular flexibility index (Phi) is 6.77. The summed E-state index contributed by atoms with van der Waals surface area (Å²) >= 11 is 10.5. The van der Waals surface area contributed by atoms with E-state index in [-0.39, 0.29) is 12.5 Å². The van der Waals surface area contributed by atoms with E-state index in [0.717, 1.165) is 4.47 Å². The Labute approximate surface area is 179 Å². The topological polar surface area (TPSA) is 77.0 Å². The van der Waals surface area contributed by atoms with Crippen molar-refractivity contribution in [2.75, 3.05) is 13.7 Å². The lowest BCUT2D eigenvalue weighted by Crippen LogP contribution is -2.19. The molecule has 0 bridgehead atoms. The SMILES string of the molecule is COC(=O)COc1ccc(Br)cc1/C=C1\SC(=Nc2ccc(Cl)cc2)NC1=O. The van der Waals surface area contributed by atoms with Gasteiger partial charge in [-0.25, -0.2) is 9.79 Å². The average Bonchev–Trinajstić information content (AvgIpc) is 3.01. The third-order valence-corrected chi connectivity index (χ3v) is 5.19. The van der Waals surface area contributed by atoms with Crippen LogP contribution in [0.5, 0.6) is 5.75 Å². The number of nitrogens with one attached hydrogen (secondary N) is 1. The average molecular weight is 482 g/mol. The number of hydrogen-bond acceptors (Lipinski definition) is 6. The maximum absolute atomic E-state index is 12.3. The van der Waals surface area contributed by atoms with Gasteiger partial charge in [0, 0.05) is 15.1 Å². The van der Waals surface area contributed by atoms with E-state index in [1.54, 1.807) is 48.5 Å². The highest BCUT2D eigenvalue weighted by atomic mass is 79.9. The van der Waals surface area contributed by atoms with Crippen molar-refractivity contribution in [2.24, 2.45) is 4.99 Å². The molecule has 1 N–H and O–H groups in total. The van der Waals surface area contributed by atoms with Crippen LogP contribution in [0.3, 0.4) is 0 Å². The smallest absolute Gasteiger partial charge is 0.343 e. The first-order chi connectivity index (χ1) is 13.4. The third-order valence-electron chi connectivity index (χ3n) is 3.54. The highest BCUT2D eigenvalue weighted by Gasteiger charge is 2.24. The van der Waals surface area contributed by atoms with Gasteiger partial charge >= 0.3 is 5.97 Å². The third kappa shape index (κ3) is 5.37. The van der Waals surface area contributed by atoms with Gasteiger partial charge in [-0.15, -0.1) is 0 Å². The van der Waals surface area contributed by atoms with E-state index in [1.807, 2.05) is 0 Å². The van der Waals surface area contributed by atoms with Gasteiger partial charge in [-0.2, -0.15) is 0 Å². The van der Waals surface area contributed by atoms with Crippen LogP contribution in [0.4, 0.5) is 5.69 Å². The molecule has 6 nitrogen and oxygen atoms in total. The minimum Gasteiger partial charge on any atom is -0.481 e. The maximum atomic E-state index is 12.3. The summed E-state index contributed by atoms with van der Waals surface area (Å²) in [6, 6.07) is 12.3. The highest BCUT2D eigenvalue weighted by molar-refractivity contribution is 9.10. The van der Waals surface area contributed by atoms with E-state index in [2.05, 4.69) is 31.0 Å². The van der Waals surface area contributed by atoms with Crippen LogP contribution in [0.15, 0.2) is 56.8 Å². The summed E-state index contributed by atoms with van der Waals surface area (Å²) in [5, 5.41) is 3.80. The van der Waals surface area contributed by atoms with Crippen LogP contribution < -0.4 is 10.1 Å². The van der Waals surface area contributed by atoms with Gasteiger partial charge in [-0.3, -0.25) is 4.79 Å². The van der Waals surface area contributed by atoms with E-state index in [0.29, 0.717) is 32.1 Å². The van der Waals surface area contributed by atoms with Crippen molar-refractivity contribution in [1.29, 1.82) is 0 Å². The molecule has 0 aromatic heterocycles. The first-order valence-electron chi connectivity index (χ1n) is 7.99. The Morgan fingerprint density at radius 1 is 1.29 bits per heavy atom. The van der Waals surface area contributed by atoms with Gasteiger partial charge in [-0.05, 0) is 60.3 Å². The highest BCUT2D eigenvalue weighted by Crippen LogP contribution is 2.32. The monoisotopic (exact) mass is 480 g/mol. The summed E-state index contributed by atoms with van der Waals surface area (Å²) in [5.74, 6) is -0.305. The lowest BCUT2D eigenvalue weighted by atomic mass is 10.2. The van der Waals surface area contributed by atoms with Crippen molar-refractivity contribution >= 4 is 68.1 Å². The largest absolute Gasteiger partial charge is 0.481 e. The molecule has 9 heteroatoms. The molecule has 1 fully saturated rings. The molecule has 0 radical (unpaired) electrons. The number of hydrogen-bond donors (Lipinski definition) is 1. The number of rotatable bonds is 5. The van der Waals surface area contributed by atoms with Gasteiger partial charge in [0.05, 0.1) is 17.7 Å². The van der Waals surface area contributed by atoms with Crippen molar-refractivity contribution in [3.8, 4) is 5.75 Å². The van der Waals surface area contributed by atoms with Crippen molar-refractivity contribution in [3.05, 3.63) is 62.4 Å².